The van der Waals surface area contributed by atoms with Crippen LogP contribution in [0.2, 0.25) is 0 Å². The summed E-state index contributed by atoms with van der Waals surface area (Å²) in [4.78, 5) is 2.63. The van der Waals surface area contributed by atoms with Gasteiger partial charge in [-0.3, -0.25) is 0 Å². The van der Waals surface area contributed by atoms with Gasteiger partial charge >= 0.3 is 0 Å². The third-order valence-corrected chi connectivity index (χ3v) is 5.40. The van der Waals surface area contributed by atoms with Gasteiger partial charge in [-0.15, -0.1) is 12.4 Å². The van der Waals surface area contributed by atoms with Gasteiger partial charge in [0.2, 0.25) is 0 Å². The van der Waals surface area contributed by atoms with Crippen LogP contribution in [-0.4, -0.2) is 29.6 Å². The number of likely N-dealkylation sites (tertiary alicyclic amines) is 1. The maximum atomic E-state index is 9.75. The summed E-state index contributed by atoms with van der Waals surface area (Å²) in [5, 5.41) is 9.75. The van der Waals surface area contributed by atoms with Crippen LogP contribution in [0.15, 0.2) is 24.3 Å². The number of hydrogen-bond donors (Lipinski definition) is 1. The Hall–Kier alpha value is -0.730. The first-order chi connectivity index (χ1) is 10.1. The van der Waals surface area contributed by atoms with E-state index in [1.165, 1.54) is 57.3 Å². The molecule has 0 spiro atoms. The molecule has 0 radical (unpaired) electrons. The van der Waals surface area contributed by atoms with E-state index in [1.807, 2.05) is 12.1 Å². The summed E-state index contributed by atoms with van der Waals surface area (Å²) in [6.45, 7) is 10.6. The molecule has 2 atom stereocenters. The van der Waals surface area contributed by atoms with Gasteiger partial charge in [-0.05, 0) is 55.0 Å². The van der Waals surface area contributed by atoms with E-state index in [0.717, 1.165) is 0 Å². The SMILES string of the molecule is CCCCCCN1CCC(C)(c2cccc(O)c2)C(C)C1.Cl. The first-order valence-corrected chi connectivity index (χ1v) is 8.58. The quantitative estimate of drug-likeness (QED) is 0.744. The zero-order valence-corrected chi connectivity index (χ0v) is 15.2. The lowest BCUT2D eigenvalue weighted by Gasteiger charge is -2.45. The van der Waals surface area contributed by atoms with Gasteiger partial charge in [-0.1, -0.05) is 52.2 Å². The van der Waals surface area contributed by atoms with Gasteiger partial charge < -0.3 is 10.0 Å². The van der Waals surface area contributed by atoms with Gasteiger partial charge in [0, 0.05) is 6.54 Å². The van der Waals surface area contributed by atoms with Crippen LogP contribution in [0.5, 0.6) is 5.75 Å². The Bertz CT molecular complexity index is 451. The Labute approximate surface area is 142 Å². The number of piperidine rings is 1. The highest BCUT2D eigenvalue weighted by atomic mass is 35.5. The molecule has 126 valence electrons. The van der Waals surface area contributed by atoms with Crippen LogP contribution in [0.1, 0.15) is 58.4 Å². The minimum Gasteiger partial charge on any atom is -0.508 e. The number of nitrogens with zero attached hydrogens (tertiary/aromatic N) is 1. The van der Waals surface area contributed by atoms with Crippen LogP contribution in [0.3, 0.4) is 0 Å². The largest absolute Gasteiger partial charge is 0.508 e. The lowest BCUT2D eigenvalue weighted by atomic mass is 9.68. The number of unbranched alkanes of at least 4 members (excludes halogenated alkanes) is 3. The van der Waals surface area contributed by atoms with Crippen LogP contribution in [-0.2, 0) is 5.41 Å². The summed E-state index contributed by atoms with van der Waals surface area (Å²) in [6, 6.07) is 7.86. The molecule has 22 heavy (non-hydrogen) atoms. The summed E-state index contributed by atoms with van der Waals surface area (Å²) in [5.74, 6) is 1.02. The zero-order chi connectivity index (χ0) is 15.3. The van der Waals surface area contributed by atoms with Crippen LogP contribution < -0.4 is 0 Å². The third kappa shape index (κ3) is 4.63. The number of halogens is 1. The first-order valence-electron chi connectivity index (χ1n) is 8.58. The summed E-state index contributed by atoms with van der Waals surface area (Å²) in [6.07, 6.45) is 6.57. The molecule has 2 unspecified atom stereocenters. The fourth-order valence-electron chi connectivity index (χ4n) is 3.57. The summed E-state index contributed by atoms with van der Waals surface area (Å²) < 4.78 is 0. The predicted molar refractivity (Wildman–Crippen MR) is 97.1 cm³/mol. The topological polar surface area (TPSA) is 23.5 Å². The lowest BCUT2D eigenvalue weighted by Crippen LogP contribution is -2.47. The maximum Gasteiger partial charge on any atom is 0.115 e. The number of phenols is 1. The smallest absolute Gasteiger partial charge is 0.115 e. The predicted octanol–water partition coefficient (Wildman–Crippen LogP) is 4.99. The van der Waals surface area contributed by atoms with Gasteiger partial charge in [0.25, 0.3) is 0 Å². The molecule has 2 rings (SSSR count). The van der Waals surface area contributed by atoms with Crippen molar-refractivity contribution < 1.29 is 5.11 Å². The Morgan fingerprint density at radius 2 is 2.05 bits per heavy atom. The molecular formula is C19H32ClNO. The Kier molecular flexibility index (Phi) is 7.71. The van der Waals surface area contributed by atoms with Crippen molar-refractivity contribution in [2.24, 2.45) is 5.92 Å². The highest BCUT2D eigenvalue weighted by Gasteiger charge is 2.37. The first kappa shape index (κ1) is 19.3. The molecule has 1 N–H and O–H groups in total. The van der Waals surface area contributed by atoms with E-state index in [4.69, 9.17) is 0 Å². The molecular weight excluding hydrogens is 294 g/mol. The minimum absolute atomic E-state index is 0. The second kappa shape index (κ2) is 8.79. The van der Waals surface area contributed by atoms with E-state index in [2.05, 4.69) is 31.7 Å². The molecule has 1 saturated heterocycles. The number of rotatable bonds is 6. The van der Waals surface area contributed by atoms with Gasteiger partial charge in [0.1, 0.15) is 5.75 Å². The van der Waals surface area contributed by atoms with Crippen LogP contribution >= 0.6 is 12.4 Å². The van der Waals surface area contributed by atoms with E-state index in [0.29, 0.717) is 11.7 Å². The fraction of sp³-hybridized carbons (Fsp3) is 0.684. The molecule has 1 aromatic rings. The normalized spacial score (nSPS) is 25.7. The van der Waals surface area contributed by atoms with E-state index < -0.39 is 0 Å². The molecule has 0 amide bonds. The molecule has 3 heteroatoms. The van der Waals surface area contributed by atoms with Gasteiger partial charge in [0.05, 0.1) is 0 Å². The van der Waals surface area contributed by atoms with E-state index in [1.54, 1.807) is 6.07 Å². The van der Waals surface area contributed by atoms with Crippen molar-refractivity contribution in [3.05, 3.63) is 29.8 Å². The summed E-state index contributed by atoms with van der Waals surface area (Å²) >= 11 is 0. The van der Waals surface area contributed by atoms with Crippen LogP contribution in [0, 0.1) is 5.92 Å². The molecule has 1 aliphatic rings. The maximum absolute atomic E-state index is 9.75. The average molecular weight is 326 g/mol. The van der Waals surface area contributed by atoms with Crippen molar-refractivity contribution in [3.8, 4) is 5.75 Å². The zero-order valence-electron chi connectivity index (χ0n) is 14.3. The number of aromatic hydroxyl groups is 1. The highest BCUT2D eigenvalue weighted by molar-refractivity contribution is 5.85. The van der Waals surface area contributed by atoms with E-state index in [-0.39, 0.29) is 17.8 Å². The van der Waals surface area contributed by atoms with Crippen molar-refractivity contribution in [3.63, 3.8) is 0 Å². The number of benzene rings is 1. The second-order valence-corrected chi connectivity index (χ2v) is 6.98. The molecule has 2 nitrogen and oxygen atoms in total. The number of phenolic OH excluding ortho intramolecular Hbond substituents is 1. The summed E-state index contributed by atoms with van der Waals surface area (Å²) in [5.41, 5.74) is 1.49. The lowest BCUT2D eigenvalue weighted by molar-refractivity contribution is 0.109. The van der Waals surface area contributed by atoms with E-state index in [9.17, 15) is 5.11 Å². The van der Waals surface area contributed by atoms with Crippen LogP contribution in [0.25, 0.3) is 0 Å². The Balaban J connectivity index is 0.00000242. The minimum atomic E-state index is 0. The third-order valence-electron chi connectivity index (χ3n) is 5.40. The molecule has 1 fully saturated rings. The van der Waals surface area contributed by atoms with Crippen LogP contribution in [0.4, 0.5) is 0 Å². The molecule has 1 aromatic carbocycles. The van der Waals surface area contributed by atoms with E-state index >= 15 is 0 Å². The molecule has 0 saturated carbocycles. The highest BCUT2D eigenvalue weighted by Crippen LogP contribution is 2.40. The molecule has 1 heterocycles. The summed E-state index contributed by atoms with van der Waals surface area (Å²) in [7, 11) is 0. The monoisotopic (exact) mass is 325 g/mol. The molecule has 0 bridgehead atoms. The van der Waals surface area contributed by atoms with Crippen molar-refractivity contribution in [2.45, 2.75) is 58.3 Å². The molecule has 0 aromatic heterocycles. The van der Waals surface area contributed by atoms with Crippen molar-refractivity contribution in [1.82, 2.24) is 4.90 Å². The standard InChI is InChI=1S/C19H31NO.ClH/c1-4-5-6-7-12-20-13-11-19(3,16(2)15-20)17-9-8-10-18(21)14-17;/h8-10,14,16,21H,4-7,11-13,15H2,1-3H3;1H. The second-order valence-electron chi connectivity index (χ2n) is 6.98. The van der Waals surface area contributed by atoms with Crippen molar-refractivity contribution in [1.29, 1.82) is 0 Å². The molecule has 1 aliphatic heterocycles. The Morgan fingerprint density at radius 3 is 2.68 bits per heavy atom. The van der Waals surface area contributed by atoms with Gasteiger partial charge in [0.15, 0.2) is 0 Å². The Morgan fingerprint density at radius 1 is 1.27 bits per heavy atom. The van der Waals surface area contributed by atoms with Gasteiger partial charge in [-0.25, -0.2) is 0 Å². The van der Waals surface area contributed by atoms with Crippen molar-refractivity contribution >= 4 is 12.4 Å². The van der Waals surface area contributed by atoms with Crippen molar-refractivity contribution in [2.75, 3.05) is 19.6 Å². The molecule has 0 aliphatic carbocycles. The average Bonchev–Trinajstić information content (AvgIpc) is 2.47. The fourth-order valence-corrected chi connectivity index (χ4v) is 3.57. The number of hydrogen-bond acceptors (Lipinski definition) is 2. The van der Waals surface area contributed by atoms with Gasteiger partial charge in [-0.2, -0.15) is 0 Å².